The highest BCUT2D eigenvalue weighted by Gasteiger charge is 2.26. The fourth-order valence-corrected chi connectivity index (χ4v) is 2.89. The summed E-state index contributed by atoms with van der Waals surface area (Å²) in [7, 11) is 0. The smallest absolute Gasteiger partial charge is 0.146 e. The molecule has 20 heavy (non-hydrogen) atoms. The number of rotatable bonds is 3. The van der Waals surface area contributed by atoms with E-state index in [1.54, 1.807) is 0 Å². The molecule has 2 aromatic rings. The molecular weight excluding hydrogens is 292 g/mol. The molecule has 1 aliphatic rings. The molecule has 0 fully saturated rings. The molecule has 0 spiro atoms. The van der Waals surface area contributed by atoms with E-state index in [0.717, 1.165) is 41.7 Å². The number of thiol groups is 1. The summed E-state index contributed by atoms with van der Waals surface area (Å²) < 4.78 is 2.15. The first-order valence-electron chi connectivity index (χ1n) is 6.70. The molecule has 1 N–H and O–H groups in total. The molecule has 1 aromatic carbocycles. The standard InChI is InChI=1S/C14H17ClN4S/c1-2-7-18-9-16-12-8-19(14(20)17-13(12)18)11-5-3-10(15)4-6-11/h3-6,9,14,17,20H,2,7-8H2,1H3. The van der Waals surface area contributed by atoms with Gasteiger partial charge in [0.25, 0.3) is 0 Å². The van der Waals surface area contributed by atoms with Crippen LogP contribution in [-0.4, -0.2) is 15.0 Å². The van der Waals surface area contributed by atoms with Crippen LogP contribution in [0.2, 0.25) is 5.02 Å². The Morgan fingerprint density at radius 3 is 2.85 bits per heavy atom. The summed E-state index contributed by atoms with van der Waals surface area (Å²) in [6.45, 7) is 3.87. The van der Waals surface area contributed by atoms with Crippen molar-refractivity contribution in [2.75, 3.05) is 10.2 Å². The molecule has 0 saturated carbocycles. The number of benzene rings is 1. The maximum Gasteiger partial charge on any atom is 0.146 e. The fraction of sp³-hybridized carbons (Fsp3) is 0.357. The average molecular weight is 309 g/mol. The Hall–Kier alpha value is -1.33. The minimum atomic E-state index is -0.0732. The second kappa shape index (κ2) is 5.58. The van der Waals surface area contributed by atoms with Gasteiger partial charge in [0.1, 0.15) is 17.0 Å². The molecular formula is C14H17ClN4S. The van der Waals surface area contributed by atoms with E-state index in [2.05, 4.69) is 39.3 Å². The highest BCUT2D eigenvalue weighted by molar-refractivity contribution is 7.81. The Morgan fingerprint density at radius 2 is 2.15 bits per heavy atom. The zero-order chi connectivity index (χ0) is 14.1. The van der Waals surface area contributed by atoms with Crippen LogP contribution in [-0.2, 0) is 13.1 Å². The number of aryl methyl sites for hydroxylation is 1. The second-order valence-electron chi connectivity index (χ2n) is 4.86. The topological polar surface area (TPSA) is 33.1 Å². The predicted octanol–water partition coefficient (Wildman–Crippen LogP) is 3.59. The lowest BCUT2D eigenvalue weighted by atomic mass is 10.2. The Kier molecular flexibility index (Phi) is 3.81. The van der Waals surface area contributed by atoms with E-state index in [1.807, 2.05) is 30.6 Å². The van der Waals surface area contributed by atoms with Crippen molar-refractivity contribution in [1.29, 1.82) is 0 Å². The van der Waals surface area contributed by atoms with Crippen LogP contribution >= 0.6 is 24.2 Å². The number of fused-ring (bicyclic) bond motifs is 1. The highest BCUT2D eigenvalue weighted by atomic mass is 35.5. The van der Waals surface area contributed by atoms with Crippen LogP contribution in [0, 0.1) is 0 Å². The van der Waals surface area contributed by atoms with E-state index in [4.69, 9.17) is 11.6 Å². The minimum absolute atomic E-state index is 0.0732. The van der Waals surface area contributed by atoms with Crippen LogP contribution in [0.3, 0.4) is 0 Å². The zero-order valence-corrected chi connectivity index (χ0v) is 12.9. The number of halogens is 1. The number of nitrogens with one attached hydrogen (secondary N) is 1. The maximum absolute atomic E-state index is 5.94. The van der Waals surface area contributed by atoms with Crippen LogP contribution in [0.15, 0.2) is 30.6 Å². The first kappa shape index (κ1) is 13.6. The molecule has 0 bridgehead atoms. The lowest BCUT2D eigenvalue weighted by Gasteiger charge is -2.35. The van der Waals surface area contributed by atoms with Crippen molar-refractivity contribution in [1.82, 2.24) is 9.55 Å². The number of imidazole rings is 1. The van der Waals surface area contributed by atoms with E-state index in [0.29, 0.717) is 0 Å². The van der Waals surface area contributed by atoms with Crippen LogP contribution < -0.4 is 10.2 Å². The monoisotopic (exact) mass is 308 g/mol. The van der Waals surface area contributed by atoms with Crippen molar-refractivity contribution in [3.8, 4) is 0 Å². The molecule has 0 amide bonds. The lowest BCUT2D eigenvalue weighted by Crippen LogP contribution is -2.41. The van der Waals surface area contributed by atoms with Gasteiger partial charge in [0.2, 0.25) is 0 Å². The van der Waals surface area contributed by atoms with Crippen LogP contribution in [0.5, 0.6) is 0 Å². The highest BCUT2D eigenvalue weighted by Crippen LogP contribution is 2.30. The van der Waals surface area contributed by atoms with Gasteiger partial charge in [-0.1, -0.05) is 18.5 Å². The van der Waals surface area contributed by atoms with Gasteiger partial charge in [0.05, 0.1) is 12.9 Å². The average Bonchev–Trinajstić information content (AvgIpc) is 2.82. The van der Waals surface area contributed by atoms with E-state index in [1.165, 1.54) is 0 Å². The molecule has 0 aliphatic carbocycles. The Labute approximate surface area is 129 Å². The summed E-state index contributed by atoms with van der Waals surface area (Å²) in [4.78, 5) is 6.66. The largest absolute Gasteiger partial charge is 0.341 e. The number of hydrogen-bond donors (Lipinski definition) is 2. The van der Waals surface area contributed by atoms with Crippen LogP contribution in [0.4, 0.5) is 11.5 Å². The normalized spacial score (nSPS) is 17.8. The third-order valence-electron chi connectivity index (χ3n) is 3.42. The van der Waals surface area contributed by atoms with Gasteiger partial charge in [0.15, 0.2) is 0 Å². The van der Waals surface area contributed by atoms with E-state index in [9.17, 15) is 0 Å². The summed E-state index contributed by atoms with van der Waals surface area (Å²) in [5.41, 5.74) is 2.06. The molecule has 6 heteroatoms. The molecule has 4 nitrogen and oxygen atoms in total. The minimum Gasteiger partial charge on any atom is -0.341 e. The summed E-state index contributed by atoms with van der Waals surface area (Å²) in [6, 6.07) is 7.79. The van der Waals surface area contributed by atoms with Gasteiger partial charge in [-0.2, -0.15) is 0 Å². The van der Waals surface area contributed by atoms with E-state index < -0.39 is 0 Å². The van der Waals surface area contributed by atoms with Crippen molar-refractivity contribution in [2.24, 2.45) is 0 Å². The first-order valence-corrected chi connectivity index (χ1v) is 7.59. The molecule has 3 rings (SSSR count). The van der Waals surface area contributed by atoms with Gasteiger partial charge >= 0.3 is 0 Å². The van der Waals surface area contributed by atoms with Gasteiger partial charge in [-0.3, -0.25) is 0 Å². The number of hydrogen-bond acceptors (Lipinski definition) is 4. The third-order valence-corrected chi connectivity index (χ3v) is 4.08. The quantitative estimate of drug-likeness (QED) is 0.850. The van der Waals surface area contributed by atoms with Crippen LogP contribution in [0.25, 0.3) is 0 Å². The van der Waals surface area contributed by atoms with Crippen LogP contribution in [0.1, 0.15) is 19.0 Å². The molecule has 1 atom stereocenters. The van der Waals surface area contributed by atoms with Gasteiger partial charge < -0.3 is 14.8 Å². The molecule has 1 aromatic heterocycles. The zero-order valence-electron chi connectivity index (χ0n) is 11.3. The van der Waals surface area contributed by atoms with Crippen molar-refractivity contribution in [2.45, 2.75) is 31.9 Å². The number of nitrogens with zero attached hydrogens (tertiary/aromatic N) is 3. The first-order chi connectivity index (χ1) is 9.69. The van der Waals surface area contributed by atoms with Crippen molar-refractivity contribution >= 4 is 35.7 Å². The molecule has 1 unspecified atom stereocenters. The van der Waals surface area contributed by atoms with Gasteiger partial charge in [-0.05, 0) is 30.7 Å². The molecule has 0 saturated heterocycles. The summed E-state index contributed by atoms with van der Waals surface area (Å²) in [5.74, 6) is 1.08. The van der Waals surface area contributed by atoms with Crippen molar-refractivity contribution < 1.29 is 0 Å². The molecule has 1 aliphatic heterocycles. The second-order valence-corrected chi connectivity index (χ2v) is 5.78. The summed E-state index contributed by atoms with van der Waals surface area (Å²) >= 11 is 10.6. The number of aromatic nitrogens is 2. The van der Waals surface area contributed by atoms with E-state index in [-0.39, 0.29) is 5.50 Å². The molecule has 106 valence electrons. The van der Waals surface area contributed by atoms with Gasteiger partial charge in [-0.25, -0.2) is 4.98 Å². The fourth-order valence-electron chi connectivity index (χ4n) is 2.43. The van der Waals surface area contributed by atoms with Gasteiger partial charge in [0, 0.05) is 17.3 Å². The SMILES string of the molecule is CCCn1cnc2c1NC(S)N(c1ccc(Cl)cc1)C2. The van der Waals surface area contributed by atoms with Gasteiger partial charge in [-0.15, -0.1) is 12.6 Å². The Morgan fingerprint density at radius 1 is 1.40 bits per heavy atom. The maximum atomic E-state index is 5.94. The van der Waals surface area contributed by atoms with Crippen molar-refractivity contribution in [3.05, 3.63) is 41.3 Å². The molecule has 0 radical (unpaired) electrons. The Bertz CT molecular complexity index is 596. The Balaban J connectivity index is 1.87. The third kappa shape index (κ3) is 2.47. The summed E-state index contributed by atoms with van der Waals surface area (Å²) in [5, 5.41) is 4.15. The van der Waals surface area contributed by atoms with Crippen molar-refractivity contribution in [3.63, 3.8) is 0 Å². The molecule has 2 heterocycles. The lowest BCUT2D eigenvalue weighted by molar-refractivity contribution is 0.668. The predicted molar refractivity (Wildman–Crippen MR) is 86.5 cm³/mol. The number of anilines is 2. The van der Waals surface area contributed by atoms with E-state index >= 15 is 0 Å². The summed E-state index contributed by atoms with van der Waals surface area (Å²) in [6.07, 6.45) is 2.98.